The van der Waals surface area contributed by atoms with Crippen LogP contribution in [0.4, 0.5) is 0 Å². The smallest absolute Gasteiger partial charge is 0.0579 e. The molecule has 0 aliphatic heterocycles. The molecule has 1 aliphatic carbocycles. The second kappa shape index (κ2) is 5.66. The number of benzene rings is 1. The van der Waals surface area contributed by atoms with Crippen LogP contribution < -0.4 is 0 Å². The highest BCUT2D eigenvalue weighted by molar-refractivity contribution is 5.36. The molecule has 1 aromatic carbocycles. The van der Waals surface area contributed by atoms with E-state index < -0.39 is 0 Å². The van der Waals surface area contributed by atoms with Crippen LogP contribution in [0.2, 0.25) is 0 Å². The van der Waals surface area contributed by atoms with Gasteiger partial charge in [-0.25, -0.2) is 0 Å². The average molecular weight is 260 g/mol. The molecular weight excluding hydrogens is 232 g/mol. The van der Waals surface area contributed by atoms with Crippen molar-refractivity contribution in [1.29, 1.82) is 0 Å². The van der Waals surface area contributed by atoms with Gasteiger partial charge in [-0.2, -0.15) is 0 Å². The maximum Gasteiger partial charge on any atom is 0.0579 e. The van der Waals surface area contributed by atoms with Crippen molar-refractivity contribution in [3.05, 3.63) is 34.9 Å². The van der Waals surface area contributed by atoms with Crippen LogP contribution in [-0.2, 0) is 0 Å². The summed E-state index contributed by atoms with van der Waals surface area (Å²) >= 11 is 0. The number of hydrogen-bond acceptors (Lipinski definition) is 1. The first-order valence-corrected chi connectivity index (χ1v) is 7.76. The molecule has 1 nitrogen and oxygen atoms in total. The minimum absolute atomic E-state index is 0.0600. The first-order valence-electron chi connectivity index (χ1n) is 7.76. The maximum atomic E-state index is 9.75. The van der Waals surface area contributed by atoms with Crippen LogP contribution in [0.1, 0.15) is 81.9 Å². The zero-order valence-corrected chi connectivity index (χ0v) is 13.0. The summed E-state index contributed by atoms with van der Waals surface area (Å²) in [4.78, 5) is 0. The van der Waals surface area contributed by atoms with Crippen molar-refractivity contribution < 1.29 is 5.11 Å². The number of hydrogen-bond donors (Lipinski definition) is 1. The van der Waals surface area contributed by atoms with E-state index in [0.29, 0.717) is 23.7 Å². The minimum Gasteiger partial charge on any atom is -0.393 e. The summed E-state index contributed by atoms with van der Waals surface area (Å²) in [5.41, 5.74) is 4.32. The fourth-order valence-corrected chi connectivity index (χ4v) is 3.00. The third-order valence-corrected chi connectivity index (χ3v) is 4.52. The summed E-state index contributed by atoms with van der Waals surface area (Å²) in [5.74, 6) is 2.16. The molecule has 1 unspecified atom stereocenters. The van der Waals surface area contributed by atoms with E-state index in [0.717, 1.165) is 12.8 Å². The van der Waals surface area contributed by atoms with Crippen molar-refractivity contribution in [3.63, 3.8) is 0 Å². The second-order valence-electron chi connectivity index (χ2n) is 6.72. The molecule has 1 saturated carbocycles. The van der Waals surface area contributed by atoms with Crippen LogP contribution in [0, 0.1) is 5.92 Å². The van der Waals surface area contributed by atoms with E-state index >= 15 is 0 Å². The van der Waals surface area contributed by atoms with Gasteiger partial charge in [0.25, 0.3) is 0 Å². The van der Waals surface area contributed by atoms with Crippen LogP contribution in [-0.4, -0.2) is 11.2 Å². The van der Waals surface area contributed by atoms with E-state index in [-0.39, 0.29) is 6.10 Å². The highest BCUT2D eigenvalue weighted by atomic mass is 16.3. The van der Waals surface area contributed by atoms with Crippen LogP contribution >= 0.6 is 0 Å². The SMILES string of the molecule is CC[C@H](c1cc(C(C)C)cc(C(C)C)c1)[C@H]1CC1O. The van der Waals surface area contributed by atoms with Gasteiger partial charge >= 0.3 is 0 Å². The van der Waals surface area contributed by atoms with Crippen LogP contribution in [0.25, 0.3) is 0 Å². The average Bonchev–Trinajstić information content (AvgIpc) is 3.06. The summed E-state index contributed by atoms with van der Waals surface area (Å²) in [7, 11) is 0. The molecule has 3 atom stereocenters. The van der Waals surface area contributed by atoms with Crippen molar-refractivity contribution in [2.45, 2.75) is 71.3 Å². The first kappa shape index (κ1) is 14.6. The van der Waals surface area contributed by atoms with Gasteiger partial charge in [-0.05, 0) is 53.2 Å². The van der Waals surface area contributed by atoms with E-state index in [1.54, 1.807) is 0 Å². The number of aliphatic hydroxyl groups excluding tert-OH is 1. The lowest BCUT2D eigenvalue weighted by atomic mass is 9.85. The van der Waals surface area contributed by atoms with Gasteiger partial charge in [0.1, 0.15) is 0 Å². The monoisotopic (exact) mass is 260 g/mol. The maximum absolute atomic E-state index is 9.75. The third kappa shape index (κ3) is 3.20. The summed E-state index contributed by atoms with van der Waals surface area (Å²) in [6.45, 7) is 11.3. The Balaban J connectivity index is 2.37. The molecule has 1 heteroatoms. The van der Waals surface area contributed by atoms with Crippen molar-refractivity contribution in [2.75, 3.05) is 0 Å². The molecule has 0 amide bonds. The Morgan fingerprint density at radius 3 is 1.74 bits per heavy atom. The quantitative estimate of drug-likeness (QED) is 0.805. The molecule has 2 rings (SSSR count). The predicted molar refractivity (Wildman–Crippen MR) is 81.8 cm³/mol. The Morgan fingerprint density at radius 2 is 1.42 bits per heavy atom. The van der Waals surface area contributed by atoms with Gasteiger partial charge in [0, 0.05) is 0 Å². The Hall–Kier alpha value is -0.820. The molecule has 1 aliphatic rings. The molecule has 106 valence electrons. The van der Waals surface area contributed by atoms with Gasteiger partial charge in [0.2, 0.25) is 0 Å². The van der Waals surface area contributed by atoms with Crippen molar-refractivity contribution >= 4 is 0 Å². The van der Waals surface area contributed by atoms with Crippen LogP contribution in [0.5, 0.6) is 0 Å². The number of rotatable bonds is 5. The van der Waals surface area contributed by atoms with E-state index in [1.165, 1.54) is 16.7 Å². The lowest BCUT2D eigenvalue weighted by molar-refractivity contribution is 0.250. The molecule has 0 radical (unpaired) electrons. The number of aliphatic hydroxyl groups is 1. The van der Waals surface area contributed by atoms with E-state index in [9.17, 15) is 5.11 Å². The molecule has 0 spiro atoms. The molecule has 0 bridgehead atoms. The molecule has 1 aromatic rings. The highest BCUT2D eigenvalue weighted by Crippen LogP contribution is 2.45. The normalized spacial score (nSPS) is 24.0. The Morgan fingerprint density at radius 1 is 1.00 bits per heavy atom. The molecule has 1 fully saturated rings. The molecular formula is C18H28O. The van der Waals surface area contributed by atoms with Crippen LogP contribution in [0.3, 0.4) is 0 Å². The van der Waals surface area contributed by atoms with E-state index in [1.807, 2.05) is 0 Å². The molecule has 19 heavy (non-hydrogen) atoms. The standard InChI is InChI=1S/C18H28O/c1-6-16(17-10-18(17)19)15-8-13(11(2)3)7-14(9-15)12(4)5/h7-9,11-12,16-19H,6,10H2,1-5H3/t16-,17-,18?/m1/s1. The fraction of sp³-hybridized carbons (Fsp3) is 0.667. The second-order valence-corrected chi connectivity index (χ2v) is 6.72. The zero-order chi connectivity index (χ0) is 14.2. The summed E-state index contributed by atoms with van der Waals surface area (Å²) in [6.07, 6.45) is 2.05. The van der Waals surface area contributed by atoms with Gasteiger partial charge in [0.05, 0.1) is 6.10 Å². The lowest BCUT2D eigenvalue weighted by Gasteiger charge is -2.20. The van der Waals surface area contributed by atoms with E-state index in [4.69, 9.17) is 0 Å². The van der Waals surface area contributed by atoms with Gasteiger partial charge < -0.3 is 5.11 Å². The zero-order valence-electron chi connectivity index (χ0n) is 13.0. The molecule has 0 saturated heterocycles. The first-order chi connectivity index (χ1) is 8.93. The van der Waals surface area contributed by atoms with Crippen molar-refractivity contribution in [1.82, 2.24) is 0 Å². The Labute approximate surface area is 118 Å². The van der Waals surface area contributed by atoms with E-state index in [2.05, 4.69) is 52.8 Å². The largest absolute Gasteiger partial charge is 0.393 e. The Bertz CT molecular complexity index is 407. The molecule has 0 aromatic heterocycles. The topological polar surface area (TPSA) is 20.2 Å². The summed E-state index contributed by atoms with van der Waals surface area (Å²) in [6, 6.07) is 7.10. The summed E-state index contributed by atoms with van der Waals surface area (Å²) < 4.78 is 0. The lowest BCUT2D eigenvalue weighted by Crippen LogP contribution is -2.06. The van der Waals surface area contributed by atoms with Gasteiger partial charge in [-0.15, -0.1) is 0 Å². The van der Waals surface area contributed by atoms with Gasteiger partial charge in [0.15, 0.2) is 0 Å². The van der Waals surface area contributed by atoms with Crippen molar-refractivity contribution in [3.8, 4) is 0 Å². The Kier molecular flexibility index (Phi) is 4.35. The van der Waals surface area contributed by atoms with Crippen molar-refractivity contribution in [2.24, 2.45) is 5.92 Å². The molecule has 1 N–H and O–H groups in total. The van der Waals surface area contributed by atoms with Gasteiger partial charge in [-0.1, -0.05) is 52.8 Å². The summed E-state index contributed by atoms with van der Waals surface area (Å²) in [5, 5.41) is 9.75. The van der Waals surface area contributed by atoms with Crippen LogP contribution in [0.15, 0.2) is 18.2 Å². The van der Waals surface area contributed by atoms with Gasteiger partial charge in [-0.3, -0.25) is 0 Å². The fourth-order valence-electron chi connectivity index (χ4n) is 3.00. The third-order valence-electron chi connectivity index (χ3n) is 4.52. The highest BCUT2D eigenvalue weighted by Gasteiger charge is 2.41. The predicted octanol–water partition coefficient (Wildman–Crippen LogP) is 4.81. The molecule has 0 heterocycles. The minimum atomic E-state index is -0.0600.